The Bertz CT molecular complexity index is 1620. The maximum Gasteiger partial charge on any atom is 0.264 e. The van der Waals surface area contributed by atoms with Gasteiger partial charge in [0.25, 0.3) is 10.0 Å². The van der Waals surface area contributed by atoms with E-state index in [1.165, 1.54) is 47.4 Å². The Kier molecular flexibility index (Phi) is 10.9. The van der Waals surface area contributed by atoms with E-state index in [1.807, 2.05) is 37.3 Å². The highest BCUT2D eigenvalue weighted by atomic mass is 35.5. The molecular formula is C33H33ClFN3O4S. The topological polar surface area (TPSA) is 86.8 Å². The van der Waals surface area contributed by atoms with Gasteiger partial charge in [-0.1, -0.05) is 85.3 Å². The molecule has 0 saturated heterocycles. The molecule has 0 spiro atoms. The Balaban J connectivity index is 1.78. The van der Waals surface area contributed by atoms with E-state index in [0.29, 0.717) is 23.6 Å². The first-order valence-electron chi connectivity index (χ1n) is 13.9. The summed E-state index contributed by atoms with van der Waals surface area (Å²) in [4.78, 5) is 29.3. The molecule has 43 heavy (non-hydrogen) atoms. The predicted molar refractivity (Wildman–Crippen MR) is 167 cm³/mol. The van der Waals surface area contributed by atoms with E-state index in [0.717, 1.165) is 9.87 Å². The van der Waals surface area contributed by atoms with Crippen LogP contribution in [0.25, 0.3) is 0 Å². The number of sulfonamides is 1. The van der Waals surface area contributed by atoms with E-state index < -0.39 is 34.3 Å². The van der Waals surface area contributed by atoms with Crippen molar-refractivity contribution in [2.75, 3.05) is 17.4 Å². The molecule has 7 nitrogen and oxygen atoms in total. The van der Waals surface area contributed by atoms with Crippen LogP contribution in [0.15, 0.2) is 114 Å². The average molecular weight is 622 g/mol. The van der Waals surface area contributed by atoms with Crippen LogP contribution in [0.5, 0.6) is 0 Å². The summed E-state index contributed by atoms with van der Waals surface area (Å²) in [5.41, 5.74) is 1.59. The van der Waals surface area contributed by atoms with E-state index in [-0.39, 0.29) is 29.5 Å². The van der Waals surface area contributed by atoms with Crippen LogP contribution in [0.3, 0.4) is 0 Å². The second-order valence-electron chi connectivity index (χ2n) is 9.95. The van der Waals surface area contributed by atoms with E-state index in [9.17, 15) is 22.4 Å². The summed E-state index contributed by atoms with van der Waals surface area (Å²) in [6.07, 6.45) is 0.874. The molecule has 0 heterocycles. The Morgan fingerprint density at radius 1 is 0.860 bits per heavy atom. The molecular weight excluding hydrogens is 589 g/mol. The van der Waals surface area contributed by atoms with Crippen molar-refractivity contribution in [3.05, 3.63) is 131 Å². The number of carbonyl (C=O) groups excluding carboxylic acids is 2. The molecule has 4 aromatic carbocycles. The van der Waals surface area contributed by atoms with Gasteiger partial charge in [0.1, 0.15) is 18.4 Å². The maximum absolute atomic E-state index is 14.3. The molecule has 2 amide bonds. The minimum Gasteiger partial charge on any atom is -0.354 e. The standard InChI is InChI=1S/C33H33ClFN3O4S/c1-2-20-36-33(40)31(21-25-10-5-3-6-11-25)37(23-26-16-18-28(35)19-17-26)32(39)24-38(29-13-9-12-27(34)22-29)43(41,42)30-14-7-4-8-15-30/h3-19,22,31H,2,20-21,23-24H2,1H3,(H,36,40). The monoisotopic (exact) mass is 621 g/mol. The SMILES string of the molecule is CCCNC(=O)C(Cc1ccccc1)N(Cc1ccc(F)cc1)C(=O)CN(c1cccc(Cl)c1)S(=O)(=O)c1ccccc1. The molecule has 0 fully saturated rings. The van der Waals surface area contributed by atoms with Crippen LogP contribution in [-0.2, 0) is 32.6 Å². The number of amides is 2. The van der Waals surface area contributed by atoms with Crippen molar-refractivity contribution in [2.24, 2.45) is 0 Å². The van der Waals surface area contributed by atoms with Gasteiger partial charge in [-0.3, -0.25) is 13.9 Å². The van der Waals surface area contributed by atoms with Crippen LogP contribution in [0.1, 0.15) is 24.5 Å². The van der Waals surface area contributed by atoms with Gasteiger partial charge in [-0.2, -0.15) is 0 Å². The van der Waals surface area contributed by atoms with Crippen LogP contribution in [-0.4, -0.2) is 44.3 Å². The molecule has 224 valence electrons. The molecule has 1 unspecified atom stereocenters. The normalized spacial score (nSPS) is 11.9. The number of nitrogens with zero attached hydrogens (tertiary/aromatic N) is 2. The Morgan fingerprint density at radius 2 is 1.51 bits per heavy atom. The van der Waals surface area contributed by atoms with Crippen LogP contribution in [0, 0.1) is 5.82 Å². The first-order valence-corrected chi connectivity index (χ1v) is 15.7. The number of hydrogen-bond acceptors (Lipinski definition) is 4. The summed E-state index contributed by atoms with van der Waals surface area (Å²) in [7, 11) is -4.22. The van der Waals surface area contributed by atoms with Gasteiger partial charge < -0.3 is 10.2 Å². The van der Waals surface area contributed by atoms with Crippen molar-refractivity contribution in [1.29, 1.82) is 0 Å². The lowest BCUT2D eigenvalue weighted by molar-refractivity contribution is -0.140. The predicted octanol–water partition coefficient (Wildman–Crippen LogP) is 5.84. The quantitative estimate of drug-likeness (QED) is 0.203. The second kappa shape index (κ2) is 14.8. The lowest BCUT2D eigenvalue weighted by atomic mass is 10.0. The van der Waals surface area contributed by atoms with Gasteiger partial charge in [-0.15, -0.1) is 0 Å². The fourth-order valence-corrected chi connectivity index (χ4v) is 6.20. The first-order chi connectivity index (χ1) is 20.7. The summed E-state index contributed by atoms with van der Waals surface area (Å²) in [5, 5.41) is 3.18. The number of rotatable bonds is 13. The summed E-state index contributed by atoms with van der Waals surface area (Å²) in [5.74, 6) is -1.43. The van der Waals surface area contributed by atoms with Crippen molar-refractivity contribution in [1.82, 2.24) is 10.2 Å². The number of benzene rings is 4. The highest BCUT2D eigenvalue weighted by molar-refractivity contribution is 7.92. The number of carbonyl (C=O) groups is 2. The smallest absolute Gasteiger partial charge is 0.264 e. The number of anilines is 1. The molecule has 1 atom stereocenters. The molecule has 0 saturated carbocycles. The summed E-state index contributed by atoms with van der Waals surface area (Å²) in [6, 6.07) is 27.9. The van der Waals surface area contributed by atoms with Crippen molar-refractivity contribution >= 4 is 39.1 Å². The average Bonchev–Trinajstić information content (AvgIpc) is 3.02. The second-order valence-corrected chi connectivity index (χ2v) is 12.2. The van der Waals surface area contributed by atoms with Crippen molar-refractivity contribution in [2.45, 2.75) is 37.2 Å². The molecule has 4 rings (SSSR count). The van der Waals surface area contributed by atoms with Crippen LogP contribution < -0.4 is 9.62 Å². The highest BCUT2D eigenvalue weighted by Crippen LogP contribution is 2.27. The van der Waals surface area contributed by atoms with Gasteiger partial charge in [0.05, 0.1) is 10.6 Å². The molecule has 1 N–H and O–H groups in total. The fraction of sp³-hybridized carbons (Fsp3) is 0.212. The largest absolute Gasteiger partial charge is 0.354 e. The number of nitrogens with one attached hydrogen (secondary N) is 1. The third-order valence-corrected chi connectivity index (χ3v) is 8.82. The van der Waals surface area contributed by atoms with Gasteiger partial charge in [0, 0.05) is 24.5 Å². The van der Waals surface area contributed by atoms with Gasteiger partial charge in [0.2, 0.25) is 11.8 Å². The first kappa shape index (κ1) is 31.7. The lowest BCUT2D eigenvalue weighted by Crippen LogP contribution is -2.53. The lowest BCUT2D eigenvalue weighted by Gasteiger charge is -2.34. The fourth-order valence-electron chi connectivity index (χ4n) is 4.59. The summed E-state index contributed by atoms with van der Waals surface area (Å²) < 4.78 is 42.6. The van der Waals surface area contributed by atoms with E-state index in [1.54, 1.807) is 36.4 Å². The molecule has 0 aliphatic carbocycles. The minimum atomic E-state index is -4.22. The van der Waals surface area contributed by atoms with E-state index in [2.05, 4.69) is 5.32 Å². The molecule has 4 aromatic rings. The van der Waals surface area contributed by atoms with Crippen LogP contribution in [0.2, 0.25) is 5.02 Å². The zero-order valence-corrected chi connectivity index (χ0v) is 25.3. The molecule has 0 bridgehead atoms. The van der Waals surface area contributed by atoms with Crippen molar-refractivity contribution < 1.29 is 22.4 Å². The zero-order chi connectivity index (χ0) is 30.8. The summed E-state index contributed by atoms with van der Waals surface area (Å²) in [6.45, 7) is 1.67. The van der Waals surface area contributed by atoms with E-state index >= 15 is 0 Å². The Labute approximate surface area is 257 Å². The summed E-state index contributed by atoms with van der Waals surface area (Å²) >= 11 is 6.23. The minimum absolute atomic E-state index is 0.00520. The van der Waals surface area contributed by atoms with Crippen LogP contribution in [0.4, 0.5) is 10.1 Å². The maximum atomic E-state index is 14.3. The molecule has 0 aliphatic rings. The van der Waals surface area contributed by atoms with Crippen LogP contribution >= 0.6 is 11.6 Å². The zero-order valence-electron chi connectivity index (χ0n) is 23.7. The number of halogens is 2. The Morgan fingerprint density at radius 3 is 2.14 bits per heavy atom. The van der Waals surface area contributed by atoms with Gasteiger partial charge in [-0.05, 0) is 60.0 Å². The van der Waals surface area contributed by atoms with Gasteiger partial charge >= 0.3 is 0 Å². The third kappa shape index (κ3) is 8.43. The van der Waals surface area contributed by atoms with Gasteiger partial charge in [0.15, 0.2) is 0 Å². The molecule has 10 heteroatoms. The molecule has 0 aromatic heterocycles. The Hall–Kier alpha value is -4.21. The van der Waals surface area contributed by atoms with Gasteiger partial charge in [-0.25, -0.2) is 12.8 Å². The number of hydrogen-bond donors (Lipinski definition) is 1. The van der Waals surface area contributed by atoms with Crippen molar-refractivity contribution in [3.8, 4) is 0 Å². The molecule has 0 aliphatic heterocycles. The third-order valence-electron chi connectivity index (χ3n) is 6.79. The molecule has 0 radical (unpaired) electrons. The van der Waals surface area contributed by atoms with Crippen molar-refractivity contribution in [3.63, 3.8) is 0 Å². The van der Waals surface area contributed by atoms with E-state index in [4.69, 9.17) is 11.6 Å². The highest BCUT2D eigenvalue weighted by Gasteiger charge is 2.34.